The molecule has 2 N–H and O–H groups in total. The van der Waals surface area contributed by atoms with Crippen LogP contribution >= 0.6 is 35.0 Å². The van der Waals surface area contributed by atoms with Gasteiger partial charge in [0.2, 0.25) is 5.88 Å². The zero-order valence-electron chi connectivity index (χ0n) is 13.7. The number of carboxylic acid groups (broad SMARTS) is 1. The fourth-order valence-corrected chi connectivity index (χ4v) is 4.00. The summed E-state index contributed by atoms with van der Waals surface area (Å²) in [6.45, 7) is 1.90. The first-order valence-corrected chi connectivity index (χ1v) is 9.59. The number of hydrogen-bond acceptors (Lipinski definition) is 6. The van der Waals surface area contributed by atoms with Gasteiger partial charge in [-0.15, -0.1) is 11.8 Å². The number of pyridine rings is 1. The van der Waals surface area contributed by atoms with Gasteiger partial charge in [-0.25, -0.2) is 4.98 Å². The van der Waals surface area contributed by atoms with Crippen LogP contribution in [0.4, 0.5) is 0 Å². The highest BCUT2D eigenvalue weighted by Gasteiger charge is 2.33. The number of nitrogens with one attached hydrogen (secondary N) is 1. The van der Waals surface area contributed by atoms with E-state index in [1.165, 1.54) is 18.0 Å². The summed E-state index contributed by atoms with van der Waals surface area (Å²) in [6, 6.07) is 8.03. The number of carboxylic acids is 1. The smallest absolute Gasteiger partial charge is 0.321 e. The molecule has 1 aromatic heterocycles. The SMILES string of the molecule is CC(Oc1ccc(Oc2ncc(Cl)cc2Cl)cc1)C1N[C@H](C(=O)O)CS1. The Morgan fingerprint density at radius 2 is 2.04 bits per heavy atom. The van der Waals surface area contributed by atoms with Crippen LogP contribution in [0.15, 0.2) is 36.5 Å². The number of nitrogens with zero attached hydrogens (tertiary/aromatic N) is 1. The Hall–Kier alpha value is -1.67. The molecule has 1 fully saturated rings. The van der Waals surface area contributed by atoms with Gasteiger partial charge in [0.15, 0.2) is 0 Å². The predicted molar refractivity (Wildman–Crippen MR) is 102 cm³/mol. The molecule has 3 atom stereocenters. The van der Waals surface area contributed by atoms with Crippen molar-refractivity contribution in [3.05, 3.63) is 46.6 Å². The molecule has 0 bridgehead atoms. The largest absolute Gasteiger partial charge is 0.488 e. The summed E-state index contributed by atoms with van der Waals surface area (Å²) in [4.78, 5) is 15.0. The summed E-state index contributed by atoms with van der Waals surface area (Å²) in [6.07, 6.45) is 1.27. The molecule has 3 rings (SSSR count). The van der Waals surface area contributed by atoms with Gasteiger partial charge in [-0.1, -0.05) is 23.2 Å². The summed E-state index contributed by atoms with van der Waals surface area (Å²) in [7, 11) is 0. The maximum atomic E-state index is 11.0. The van der Waals surface area contributed by atoms with Crippen LogP contribution in [0.3, 0.4) is 0 Å². The van der Waals surface area contributed by atoms with E-state index in [1.54, 1.807) is 30.3 Å². The van der Waals surface area contributed by atoms with Crippen LogP contribution in [-0.2, 0) is 4.79 Å². The van der Waals surface area contributed by atoms with Crippen LogP contribution in [-0.4, -0.2) is 39.3 Å². The fourth-order valence-electron chi connectivity index (χ4n) is 2.36. The minimum Gasteiger partial charge on any atom is -0.488 e. The lowest BCUT2D eigenvalue weighted by atomic mass is 10.3. The molecule has 0 aliphatic carbocycles. The molecule has 1 aliphatic rings. The summed E-state index contributed by atoms with van der Waals surface area (Å²) in [5.74, 6) is 1.16. The number of carbonyl (C=O) groups is 1. The number of aliphatic carboxylic acids is 1. The lowest BCUT2D eigenvalue weighted by Crippen LogP contribution is -2.42. The Balaban J connectivity index is 1.58. The highest BCUT2D eigenvalue weighted by Crippen LogP contribution is 2.30. The molecule has 1 aromatic carbocycles. The summed E-state index contributed by atoms with van der Waals surface area (Å²) in [5, 5.41) is 12.8. The third-order valence-electron chi connectivity index (χ3n) is 3.67. The molecule has 0 radical (unpaired) electrons. The molecular weight excluding hydrogens is 399 g/mol. The normalized spacial score (nSPS) is 20.6. The summed E-state index contributed by atoms with van der Waals surface area (Å²) in [5.41, 5.74) is 0. The molecule has 0 spiro atoms. The number of aromatic nitrogens is 1. The molecule has 2 aromatic rings. The first-order valence-electron chi connectivity index (χ1n) is 7.78. The minimum atomic E-state index is -0.844. The Morgan fingerprint density at radius 1 is 1.35 bits per heavy atom. The molecule has 6 nitrogen and oxygen atoms in total. The number of halogens is 2. The van der Waals surface area contributed by atoms with E-state index < -0.39 is 12.0 Å². The Bertz CT molecular complexity index is 791. The molecule has 26 heavy (non-hydrogen) atoms. The van der Waals surface area contributed by atoms with Crippen molar-refractivity contribution in [3.63, 3.8) is 0 Å². The van der Waals surface area contributed by atoms with Crippen molar-refractivity contribution in [1.29, 1.82) is 0 Å². The van der Waals surface area contributed by atoms with Gasteiger partial charge in [0.25, 0.3) is 0 Å². The number of rotatable bonds is 6. The minimum absolute atomic E-state index is 0.0795. The molecule has 2 heterocycles. The van der Waals surface area contributed by atoms with Crippen molar-refractivity contribution in [2.24, 2.45) is 0 Å². The van der Waals surface area contributed by atoms with E-state index in [2.05, 4.69) is 10.3 Å². The molecule has 0 saturated carbocycles. The Kier molecular flexibility index (Phi) is 6.13. The van der Waals surface area contributed by atoms with Crippen molar-refractivity contribution in [1.82, 2.24) is 10.3 Å². The van der Waals surface area contributed by atoms with Gasteiger partial charge in [-0.05, 0) is 37.3 Å². The van der Waals surface area contributed by atoms with Gasteiger partial charge in [-0.2, -0.15) is 0 Å². The number of benzene rings is 1. The van der Waals surface area contributed by atoms with E-state index in [1.807, 2.05) is 6.92 Å². The average Bonchev–Trinajstić information content (AvgIpc) is 3.09. The van der Waals surface area contributed by atoms with E-state index >= 15 is 0 Å². The first kappa shape index (κ1) is 19.1. The zero-order chi connectivity index (χ0) is 18.7. The van der Waals surface area contributed by atoms with E-state index in [0.29, 0.717) is 27.3 Å². The zero-order valence-corrected chi connectivity index (χ0v) is 16.0. The van der Waals surface area contributed by atoms with E-state index in [4.69, 9.17) is 37.8 Å². The topological polar surface area (TPSA) is 80.7 Å². The molecule has 9 heteroatoms. The number of thioether (sulfide) groups is 1. The second kappa shape index (κ2) is 8.35. The molecule has 1 aliphatic heterocycles. The highest BCUT2D eigenvalue weighted by molar-refractivity contribution is 8.00. The van der Waals surface area contributed by atoms with Crippen molar-refractivity contribution in [2.75, 3.05) is 5.75 Å². The molecule has 138 valence electrons. The molecular formula is C17H16Cl2N2O4S. The third kappa shape index (κ3) is 4.73. The van der Waals surface area contributed by atoms with Crippen LogP contribution in [0.5, 0.6) is 17.4 Å². The van der Waals surface area contributed by atoms with Crippen molar-refractivity contribution >= 4 is 40.9 Å². The Morgan fingerprint density at radius 3 is 2.65 bits per heavy atom. The lowest BCUT2D eigenvalue weighted by Gasteiger charge is -2.21. The van der Waals surface area contributed by atoms with E-state index in [9.17, 15) is 4.79 Å². The van der Waals surface area contributed by atoms with Gasteiger partial charge in [0.1, 0.15) is 28.7 Å². The maximum absolute atomic E-state index is 11.0. The second-order valence-corrected chi connectivity index (χ2v) is 7.67. The predicted octanol–water partition coefficient (Wildman–Crippen LogP) is 4.06. The quantitative estimate of drug-likeness (QED) is 0.736. The van der Waals surface area contributed by atoms with Gasteiger partial charge in [-0.3, -0.25) is 10.1 Å². The maximum Gasteiger partial charge on any atom is 0.321 e. The van der Waals surface area contributed by atoms with Crippen LogP contribution in [0.1, 0.15) is 6.92 Å². The van der Waals surface area contributed by atoms with Crippen molar-refractivity contribution in [2.45, 2.75) is 24.4 Å². The molecule has 1 saturated heterocycles. The van der Waals surface area contributed by atoms with Crippen LogP contribution < -0.4 is 14.8 Å². The van der Waals surface area contributed by atoms with Gasteiger partial charge >= 0.3 is 5.97 Å². The number of ether oxygens (including phenoxy) is 2. The molecule has 2 unspecified atom stereocenters. The Labute approximate surface area is 164 Å². The average molecular weight is 415 g/mol. The van der Waals surface area contributed by atoms with E-state index in [0.717, 1.165) is 0 Å². The third-order valence-corrected chi connectivity index (χ3v) is 5.55. The summed E-state index contributed by atoms with van der Waals surface area (Å²) < 4.78 is 11.5. The van der Waals surface area contributed by atoms with Gasteiger partial charge in [0, 0.05) is 11.9 Å². The highest BCUT2D eigenvalue weighted by atomic mass is 35.5. The van der Waals surface area contributed by atoms with E-state index in [-0.39, 0.29) is 17.4 Å². The lowest BCUT2D eigenvalue weighted by molar-refractivity contribution is -0.138. The fraction of sp³-hybridized carbons (Fsp3) is 0.294. The summed E-state index contributed by atoms with van der Waals surface area (Å²) >= 11 is 13.4. The standard InChI is InChI=1S/C17H16Cl2N2O4S/c1-9(16-21-14(8-26-16)17(22)23)24-11-2-4-12(5-3-11)25-15-13(19)6-10(18)7-20-15/h2-7,9,14,16,21H,8H2,1H3,(H,22,23)/t9?,14-,16?/m0/s1. The number of hydrogen-bond donors (Lipinski definition) is 2. The first-order chi connectivity index (χ1) is 12.4. The van der Waals surface area contributed by atoms with Gasteiger partial charge in [0.05, 0.1) is 10.4 Å². The van der Waals surface area contributed by atoms with Crippen molar-refractivity contribution < 1.29 is 19.4 Å². The molecule has 0 amide bonds. The van der Waals surface area contributed by atoms with Crippen LogP contribution in [0, 0.1) is 0 Å². The van der Waals surface area contributed by atoms with Crippen LogP contribution in [0.25, 0.3) is 0 Å². The monoisotopic (exact) mass is 414 g/mol. The second-order valence-electron chi connectivity index (χ2n) is 5.65. The van der Waals surface area contributed by atoms with Gasteiger partial charge < -0.3 is 14.6 Å². The van der Waals surface area contributed by atoms with Crippen LogP contribution in [0.2, 0.25) is 10.0 Å². The van der Waals surface area contributed by atoms with Crippen molar-refractivity contribution in [3.8, 4) is 17.4 Å².